The number of nitrogens with zero attached hydrogens (tertiary/aromatic N) is 4. The summed E-state index contributed by atoms with van der Waals surface area (Å²) < 4.78 is 29.7. The van der Waals surface area contributed by atoms with Gasteiger partial charge in [0.15, 0.2) is 5.69 Å². The summed E-state index contributed by atoms with van der Waals surface area (Å²) in [7, 11) is 3.32. The van der Waals surface area contributed by atoms with Crippen LogP contribution in [0.1, 0.15) is 22.1 Å². The van der Waals surface area contributed by atoms with Gasteiger partial charge < -0.3 is 10.2 Å². The van der Waals surface area contributed by atoms with Gasteiger partial charge in [0.2, 0.25) is 0 Å². The Morgan fingerprint density at radius 1 is 1.17 bits per heavy atom. The molecule has 1 unspecified atom stereocenters. The molecule has 0 saturated carbocycles. The van der Waals surface area contributed by atoms with Crippen LogP contribution in [0.3, 0.4) is 0 Å². The predicted molar refractivity (Wildman–Crippen MR) is 105 cm³/mol. The lowest BCUT2D eigenvalue weighted by Crippen LogP contribution is -2.35. The highest BCUT2D eigenvalue weighted by atomic mass is 19.1. The van der Waals surface area contributed by atoms with Gasteiger partial charge >= 0.3 is 0 Å². The fourth-order valence-corrected chi connectivity index (χ4v) is 2.97. The van der Waals surface area contributed by atoms with Crippen molar-refractivity contribution in [2.24, 2.45) is 0 Å². The number of hydrogen-bond acceptors (Lipinski definition) is 5. The van der Waals surface area contributed by atoms with Gasteiger partial charge in [0.1, 0.15) is 11.6 Å². The maximum atomic E-state index is 14.1. The molecule has 3 rings (SSSR count). The minimum absolute atomic E-state index is 0.0337. The molecule has 1 amide bonds. The van der Waals surface area contributed by atoms with E-state index in [1.807, 2.05) is 0 Å². The number of nitro benzene ring substituents is 1. The number of nitrogens with one attached hydrogen (secondary N) is 1. The van der Waals surface area contributed by atoms with Crippen molar-refractivity contribution < 1.29 is 18.5 Å². The molecule has 0 spiro atoms. The van der Waals surface area contributed by atoms with E-state index in [4.69, 9.17) is 0 Å². The second kappa shape index (κ2) is 8.78. The highest BCUT2D eigenvalue weighted by Crippen LogP contribution is 2.24. The molecule has 0 aliphatic rings. The fourth-order valence-electron chi connectivity index (χ4n) is 2.97. The number of hydrogen-bond donors (Lipinski definition) is 1. The number of rotatable bonds is 7. The van der Waals surface area contributed by atoms with Crippen LogP contribution in [0.5, 0.6) is 0 Å². The van der Waals surface area contributed by atoms with Crippen LogP contribution in [0.2, 0.25) is 0 Å². The van der Waals surface area contributed by atoms with Gasteiger partial charge in [-0.2, -0.15) is 5.10 Å². The second-order valence-corrected chi connectivity index (χ2v) is 6.74. The van der Waals surface area contributed by atoms with E-state index >= 15 is 0 Å². The van der Waals surface area contributed by atoms with Crippen LogP contribution < -0.4 is 5.32 Å². The van der Waals surface area contributed by atoms with Gasteiger partial charge in [-0.05, 0) is 44.4 Å². The molecule has 1 aromatic heterocycles. The van der Waals surface area contributed by atoms with Crippen LogP contribution in [0.4, 0.5) is 14.5 Å². The summed E-state index contributed by atoms with van der Waals surface area (Å²) in [5.74, 6) is -1.89. The molecule has 0 saturated heterocycles. The molecule has 0 aliphatic carbocycles. The first kappa shape index (κ1) is 21.1. The summed E-state index contributed by atoms with van der Waals surface area (Å²) in [6, 6.07) is 10.1. The maximum absolute atomic E-state index is 14.1. The fraction of sp³-hybridized carbons (Fsp3) is 0.200. The molecule has 0 aliphatic heterocycles. The summed E-state index contributed by atoms with van der Waals surface area (Å²) in [6.45, 7) is -0.0337. The van der Waals surface area contributed by atoms with Crippen molar-refractivity contribution in [3.8, 4) is 5.69 Å². The van der Waals surface area contributed by atoms with Gasteiger partial charge in [-0.15, -0.1) is 0 Å². The molecule has 0 fully saturated rings. The molecule has 1 heterocycles. The Balaban J connectivity index is 1.72. The zero-order chi connectivity index (χ0) is 21.8. The molecular weight excluding hydrogens is 396 g/mol. The minimum atomic E-state index is -0.716. The van der Waals surface area contributed by atoms with Crippen molar-refractivity contribution in [3.05, 3.63) is 87.7 Å². The molecule has 0 radical (unpaired) electrons. The molecule has 1 atom stereocenters. The highest BCUT2D eigenvalue weighted by molar-refractivity contribution is 5.92. The first-order valence-corrected chi connectivity index (χ1v) is 8.97. The van der Waals surface area contributed by atoms with E-state index in [1.165, 1.54) is 59.4 Å². The van der Waals surface area contributed by atoms with Gasteiger partial charge in [-0.1, -0.05) is 6.07 Å². The monoisotopic (exact) mass is 415 g/mol. The lowest BCUT2D eigenvalue weighted by molar-refractivity contribution is -0.384. The van der Waals surface area contributed by atoms with Crippen molar-refractivity contribution in [2.45, 2.75) is 6.04 Å². The molecule has 30 heavy (non-hydrogen) atoms. The van der Waals surface area contributed by atoms with Crippen molar-refractivity contribution in [1.82, 2.24) is 20.0 Å². The van der Waals surface area contributed by atoms with Crippen LogP contribution in [0.25, 0.3) is 5.69 Å². The molecule has 8 nitrogen and oxygen atoms in total. The highest BCUT2D eigenvalue weighted by Gasteiger charge is 2.23. The number of non-ortho nitro benzene ring substituents is 1. The Morgan fingerprint density at radius 3 is 2.37 bits per heavy atom. The molecule has 156 valence electrons. The number of nitro groups is 1. The van der Waals surface area contributed by atoms with E-state index in [-0.39, 0.29) is 23.5 Å². The SMILES string of the molecule is CN(C)C(CNC(=O)c1ccn(-c2ccc([N+](=O)[O-])cc2)n1)c1c(F)cccc1F. The van der Waals surface area contributed by atoms with Gasteiger partial charge in [-0.3, -0.25) is 14.9 Å². The topological polar surface area (TPSA) is 93.3 Å². The van der Waals surface area contributed by atoms with E-state index in [2.05, 4.69) is 10.4 Å². The van der Waals surface area contributed by atoms with Crippen molar-refractivity contribution in [2.75, 3.05) is 20.6 Å². The van der Waals surface area contributed by atoms with Gasteiger partial charge in [0.05, 0.1) is 16.7 Å². The van der Waals surface area contributed by atoms with Gasteiger partial charge in [-0.25, -0.2) is 13.5 Å². The number of amides is 1. The number of benzene rings is 2. The number of aromatic nitrogens is 2. The first-order valence-electron chi connectivity index (χ1n) is 8.97. The Kier molecular flexibility index (Phi) is 6.17. The van der Waals surface area contributed by atoms with E-state index in [0.29, 0.717) is 5.69 Å². The normalized spacial score (nSPS) is 12.0. The lowest BCUT2D eigenvalue weighted by Gasteiger charge is -2.25. The summed E-state index contributed by atoms with van der Waals surface area (Å²) >= 11 is 0. The van der Waals surface area contributed by atoms with Crippen LogP contribution >= 0.6 is 0 Å². The standard InChI is InChI=1S/C20H19F2N5O3/c1-25(2)18(19-15(21)4-3-5-16(19)22)12-23-20(28)17-10-11-26(24-17)13-6-8-14(9-7-13)27(29)30/h3-11,18H,12H2,1-2H3,(H,23,28). The molecular formula is C20H19F2N5O3. The number of halogens is 2. The molecule has 1 N–H and O–H groups in total. The third-order valence-corrected chi connectivity index (χ3v) is 4.56. The smallest absolute Gasteiger partial charge is 0.271 e. The maximum Gasteiger partial charge on any atom is 0.271 e. The second-order valence-electron chi connectivity index (χ2n) is 6.74. The van der Waals surface area contributed by atoms with E-state index in [1.54, 1.807) is 19.0 Å². The Labute approximate surface area is 170 Å². The quantitative estimate of drug-likeness (QED) is 0.473. The van der Waals surface area contributed by atoms with E-state index < -0.39 is 28.5 Å². The Hall–Kier alpha value is -3.66. The molecule has 2 aromatic carbocycles. The molecule has 3 aromatic rings. The Bertz CT molecular complexity index is 1050. The summed E-state index contributed by atoms with van der Waals surface area (Å²) in [5, 5.41) is 17.5. The lowest BCUT2D eigenvalue weighted by atomic mass is 10.0. The van der Waals surface area contributed by atoms with Gasteiger partial charge in [0, 0.05) is 30.4 Å². The van der Waals surface area contributed by atoms with Crippen molar-refractivity contribution in [1.29, 1.82) is 0 Å². The number of likely N-dealkylation sites (N-methyl/N-ethyl adjacent to an activating group) is 1. The van der Waals surface area contributed by atoms with Crippen molar-refractivity contribution in [3.63, 3.8) is 0 Å². The van der Waals surface area contributed by atoms with E-state index in [9.17, 15) is 23.7 Å². The first-order chi connectivity index (χ1) is 14.3. The van der Waals surface area contributed by atoms with Crippen LogP contribution in [0.15, 0.2) is 54.7 Å². The minimum Gasteiger partial charge on any atom is -0.349 e. The predicted octanol–water partition coefficient (Wildman–Crippen LogP) is 3.09. The number of carbonyl (C=O) groups excluding carboxylic acids is 1. The zero-order valence-electron chi connectivity index (χ0n) is 16.3. The summed E-state index contributed by atoms with van der Waals surface area (Å²) in [6.07, 6.45) is 1.54. The summed E-state index contributed by atoms with van der Waals surface area (Å²) in [5.41, 5.74) is 0.456. The van der Waals surface area contributed by atoms with Crippen molar-refractivity contribution >= 4 is 11.6 Å². The Morgan fingerprint density at radius 2 is 1.80 bits per heavy atom. The average molecular weight is 415 g/mol. The third kappa shape index (κ3) is 4.49. The average Bonchev–Trinajstić information content (AvgIpc) is 3.20. The zero-order valence-corrected chi connectivity index (χ0v) is 16.3. The third-order valence-electron chi connectivity index (χ3n) is 4.56. The number of carbonyl (C=O) groups is 1. The van der Waals surface area contributed by atoms with E-state index in [0.717, 1.165) is 0 Å². The van der Waals surface area contributed by atoms with Crippen LogP contribution in [-0.2, 0) is 0 Å². The van der Waals surface area contributed by atoms with Crippen LogP contribution in [-0.4, -0.2) is 46.2 Å². The molecule has 10 heteroatoms. The largest absolute Gasteiger partial charge is 0.349 e. The molecule has 0 bridgehead atoms. The summed E-state index contributed by atoms with van der Waals surface area (Å²) in [4.78, 5) is 24.3. The van der Waals surface area contributed by atoms with Gasteiger partial charge in [0.25, 0.3) is 11.6 Å². The van der Waals surface area contributed by atoms with Crippen LogP contribution in [0, 0.1) is 21.7 Å².